The Bertz CT molecular complexity index is 3550. The molecule has 19 nitrogen and oxygen atoms in total. The highest BCUT2D eigenvalue weighted by atomic mass is 16.3. The zero-order chi connectivity index (χ0) is 48.1. The van der Waals surface area contributed by atoms with Gasteiger partial charge < -0.3 is 26.6 Å². The molecule has 0 aliphatic carbocycles. The number of azo groups is 1. The number of phenolic OH excluding ortho intramolecular Hbond substituents is 2. The second-order valence-corrected chi connectivity index (χ2v) is 14.4. The summed E-state index contributed by atoms with van der Waals surface area (Å²) in [6, 6.07) is 45.0. The van der Waals surface area contributed by atoms with Gasteiger partial charge in [-0.3, -0.25) is 9.59 Å². The van der Waals surface area contributed by atoms with E-state index in [0.29, 0.717) is 33.7 Å². The van der Waals surface area contributed by atoms with Crippen LogP contribution >= 0.6 is 0 Å². The number of nitrogens with zero attached hydrogens (tertiary/aromatic N) is 12. The molecule has 0 aliphatic heterocycles. The van der Waals surface area contributed by atoms with Gasteiger partial charge >= 0.3 is 0 Å². The van der Waals surface area contributed by atoms with Crippen molar-refractivity contribution in [1.29, 1.82) is 10.5 Å². The smallest absolute Gasteiger partial charge is 0.259 e. The van der Waals surface area contributed by atoms with E-state index in [1.807, 2.05) is 66.7 Å². The number of phenols is 2. The lowest BCUT2D eigenvalue weighted by molar-refractivity contribution is 0.101. The first kappa shape index (κ1) is 44.9. The summed E-state index contributed by atoms with van der Waals surface area (Å²) in [5.41, 5.74) is 7.76. The molecule has 0 bridgehead atoms. The monoisotopic (exact) mass is 909 g/mol. The van der Waals surface area contributed by atoms with E-state index in [1.54, 1.807) is 97.3 Å². The van der Waals surface area contributed by atoms with Gasteiger partial charge in [0.25, 0.3) is 23.7 Å². The van der Waals surface area contributed by atoms with E-state index in [1.165, 1.54) is 34.2 Å². The van der Waals surface area contributed by atoms with Crippen molar-refractivity contribution in [2.75, 3.05) is 16.4 Å². The highest BCUT2D eigenvalue weighted by Gasteiger charge is 2.20. The van der Waals surface area contributed by atoms with E-state index in [4.69, 9.17) is 11.0 Å². The van der Waals surface area contributed by atoms with E-state index in [9.17, 15) is 25.1 Å². The fraction of sp³-hybridized carbons (Fsp3) is 0. The lowest BCUT2D eigenvalue weighted by Gasteiger charge is -2.11. The van der Waals surface area contributed by atoms with Crippen LogP contribution in [0.1, 0.15) is 31.8 Å². The molecule has 0 aliphatic rings. The Balaban J connectivity index is 0.000000158. The number of nitrogens with two attached hydrogens (primary N) is 1. The maximum absolute atomic E-state index is 13.0. The molecular formula is C50H35N15O4. The second-order valence-electron chi connectivity index (χ2n) is 14.4. The summed E-state index contributed by atoms with van der Waals surface area (Å²) in [5.74, 6) is -0.297. The van der Waals surface area contributed by atoms with Gasteiger partial charge in [-0.1, -0.05) is 84.9 Å². The molecule has 0 atom stereocenters. The molecular weight excluding hydrogens is 875 g/mol. The van der Waals surface area contributed by atoms with Crippen molar-refractivity contribution in [3.05, 3.63) is 199 Å². The lowest BCUT2D eigenvalue weighted by atomic mass is 10.0. The largest absolute Gasteiger partial charge is 0.507 e. The Morgan fingerprint density at radius 2 is 1.04 bits per heavy atom. The maximum atomic E-state index is 13.0. The van der Waals surface area contributed by atoms with E-state index in [2.05, 4.69) is 51.0 Å². The molecule has 334 valence electrons. The predicted molar refractivity (Wildman–Crippen MR) is 256 cm³/mol. The average molecular weight is 910 g/mol. The fourth-order valence-electron chi connectivity index (χ4n) is 6.61. The standard InChI is InChI=1S/C25H16N8O2.C17H13NO2.C8H6N6/c26-14-17-15-29-33(25-27-11-6-12-28-25)23(17)32-31-21-19-10-5-4-7-16(19)13-20(22(21)34)24(35)30-18-8-2-1-3-9-18;19-16-11-13-7-5-4-6-12(13)10-15(16)17(20)18-14-8-2-1-3-9-14;9-4-6-5-13-14(7(6)10)8-11-2-1-3-12-8/h1-13,15,34H,(H,30,35);1-11,19H,(H,18,20);1-3,5H,10H2. The van der Waals surface area contributed by atoms with Crippen LogP contribution < -0.4 is 16.4 Å². The summed E-state index contributed by atoms with van der Waals surface area (Å²) in [6.07, 6.45) is 8.93. The molecule has 0 unspecified atom stereocenters. The third-order valence-corrected chi connectivity index (χ3v) is 9.93. The topological polar surface area (TPSA) is 284 Å². The van der Waals surface area contributed by atoms with Crippen LogP contribution in [-0.2, 0) is 0 Å². The highest BCUT2D eigenvalue weighted by Crippen LogP contribution is 2.40. The molecule has 0 radical (unpaired) electrons. The molecule has 0 saturated carbocycles. The van der Waals surface area contributed by atoms with E-state index >= 15 is 0 Å². The first-order chi connectivity index (χ1) is 33.7. The number of nitrogens with one attached hydrogen (secondary N) is 2. The molecule has 4 aromatic heterocycles. The molecule has 0 fully saturated rings. The first-order valence-corrected chi connectivity index (χ1v) is 20.6. The number of nitrogen functional groups attached to an aromatic ring is 1. The van der Waals surface area contributed by atoms with Crippen molar-refractivity contribution in [2.24, 2.45) is 10.2 Å². The summed E-state index contributed by atoms with van der Waals surface area (Å²) < 4.78 is 2.59. The summed E-state index contributed by atoms with van der Waals surface area (Å²) >= 11 is 0. The molecule has 19 heteroatoms. The number of para-hydroxylation sites is 2. The SMILES string of the molecule is N#Cc1cnn(-c2ncccn2)c1N.N#Cc1cnn(-c2ncccn2)c1N=Nc1c(O)c(C(=O)Nc2ccccc2)cc2ccccc12.O=C(Nc1ccccc1)c1cc2ccccc2cc1O. The zero-order valence-electron chi connectivity index (χ0n) is 35.9. The van der Waals surface area contributed by atoms with Crippen LogP contribution in [0.5, 0.6) is 11.5 Å². The van der Waals surface area contributed by atoms with Gasteiger partial charge in [-0.15, -0.1) is 10.2 Å². The van der Waals surface area contributed by atoms with Gasteiger partial charge in [0.05, 0.1) is 23.5 Å². The second kappa shape index (κ2) is 20.9. The number of hydrogen-bond acceptors (Lipinski definition) is 15. The van der Waals surface area contributed by atoms with Crippen LogP contribution in [-0.4, -0.2) is 61.5 Å². The quantitative estimate of drug-likeness (QED) is 0.0891. The Morgan fingerprint density at radius 3 is 1.62 bits per heavy atom. The number of hydrogen-bond donors (Lipinski definition) is 5. The van der Waals surface area contributed by atoms with Gasteiger partial charge in [-0.05, 0) is 70.8 Å². The van der Waals surface area contributed by atoms with Crippen LogP contribution in [0.25, 0.3) is 33.4 Å². The predicted octanol–water partition coefficient (Wildman–Crippen LogP) is 8.97. The number of carbonyl (C=O) groups excluding carboxylic acids is 2. The normalized spacial score (nSPS) is 10.5. The lowest BCUT2D eigenvalue weighted by Crippen LogP contribution is -2.12. The molecule has 69 heavy (non-hydrogen) atoms. The third-order valence-electron chi connectivity index (χ3n) is 9.93. The van der Waals surface area contributed by atoms with Gasteiger partial charge in [0, 0.05) is 41.5 Å². The van der Waals surface area contributed by atoms with E-state index < -0.39 is 5.91 Å². The first-order valence-electron chi connectivity index (χ1n) is 20.6. The van der Waals surface area contributed by atoms with Crippen molar-refractivity contribution >= 4 is 62.1 Å². The number of anilines is 3. The number of fused-ring (bicyclic) bond motifs is 2. The Hall–Kier alpha value is -10.7. The van der Waals surface area contributed by atoms with Crippen LogP contribution in [0.2, 0.25) is 0 Å². The number of carbonyl (C=O) groups is 2. The molecule has 0 saturated heterocycles. The molecule has 6 aromatic carbocycles. The number of aromatic nitrogens is 8. The molecule has 10 aromatic rings. The average Bonchev–Trinajstić information content (AvgIpc) is 3.99. The van der Waals surface area contributed by atoms with Crippen molar-refractivity contribution < 1.29 is 19.8 Å². The Labute approximate surface area is 391 Å². The molecule has 4 heterocycles. The molecule has 2 amide bonds. The minimum Gasteiger partial charge on any atom is -0.507 e. The number of nitriles is 2. The third kappa shape index (κ3) is 10.3. The summed E-state index contributed by atoms with van der Waals surface area (Å²) in [6.45, 7) is 0. The van der Waals surface area contributed by atoms with Crippen molar-refractivity contribution in [3.63, 3.8) is 0 Å². The molecule has 6 N–H and O–H groups in total. The van der Waals surface area contributed by atoms with E-state index in [0.717, 1.165) is 10.8 Å². The van der Waals surface area contributed by atoms with Crippen molar-refractivity contribution in [2.45, 2.75) is 0 Å². The minimum absolute atomic E-state index is 0.0165. The Kier molecular flexibility index (Phi) is 13.6. The van der Waals surface area contributed by atoms with Crippen LogP contribution in [0.3, 0.4) is 0 Å². The number of aromatic hydroxyl groups is 2. The highest BCUT2D eigenvalue weighted by molar-refractivity contribution is 6.12. The minimum atomic E-state index is -0.503. The fourth-order valence-corrected chi connectivity index (χ4v) is 6.61. The van der Waals surface area contributed by atoms with Crippen molar-refractivity contribution in [1.82, 2.24) is 39.5 Å². The summed E-state index contributed by atoms with van der Waals surface area (Å²) in [5, 5.41) is 64.3. The van der Waals surface area contributed by atoms with Gasteiger partial charge in [0.1, 0.15) is 40.5 Å². The number of rotatable bonds is 8. The van der Waals surface area contributed by atoms with Gasteiger partial charge in [0.15, 0.2) is 11.6 Å². The Morgan fingerprint density at radius 1 is 0.565 bits per heavy atom. The molecule has 10 rings (SSSR count). The van der Waals surface area contributed by atoms with Crippen LogP contribution in [0.4, 0.5) is 28.7 Å². The summed E-state index contributed by atoms with van der Waals surface area (Å²) in [7, 11) is 0. The van der Waals surface area contributed by atoms with Crippen LogP contribution in [0.15, 0.2) is 187 Å². The molecule has 0 spiro atoms. The number of amides is 2. The van der Waals surface area contributed by atoms with E-state index in [-0.39, 0.29) is 57.4 Å². The van der Waals surface area contributed by atoms with Gasteiger partial charge in [-0.2, -0.15) is 30.1 Å². The van der Waals surface area contributed by atoms with Gasteiger partial charge in [-0.25, -0.2) is 19.9 Å². The van der Waals surface area contributed by atoms with Gasteiger partial charge in [0.2, 0.25) is 0 Å². The number of benzene rings is 6. The zero-order valence-corrected chi connectivity index (χ0v) is 35.9. The maximum Gasteiger partial charge on any atom is 0.259 e. The summed E-state index contributed by atoms with van der Waals surface area (Å²) in [4.78, 5) is 41.4. The van der Waals surface area contributed by atoms with Crippen molar-refractivity contribution in [3.8, 4) is 35.5 Å². The van der Waals surface area contributed by atoms with Crippen LogP contribution in [0, 0.1) is 22.7 Å².